The second kappa shape index (κ2) is 4.78. The minimum atomic E-state index is -0.503. The molecule has 0 spiro atoms. The Morgan fingerprint density at radius 3 is 2.76 bits per heavy atom. The molecule has 2 heterocycles. The number of hydrogen-bond acceptors (Lipinski definition) is 4. The van der Waals surface area contributed by atoms with Crippen LogP contribution in [0.5, 0.6) is 0 Å². The van der Waals surface area contributed by atoms with Crippen molar-refractivity contribution in [3.63, 3.8) is 0 Å². The van der Waals surface area contributed by atoms with Crippen LogP contribution in [0.25, 0.3) is 0 Å². The Bertz CT molecular complexity index is 365. The van der Waals surface area contributed by atoms with Gasteiger partial charge in [-0.05, 0) is 46.6 Å². The predicted octanol–water partition coefficient (Wildman–Crippen LogP) is 2.03. The molecule has 0 saturated carbocycles. The Morgan fingerprint density at radius 1 is 1.35 bits per heavy atom. The van der Waals surface area contributed by atoms with Crippen molar-refractivity contribution in [2.45, 2.75) is 52.2 Å². The monoisotopic (exact) mass is 238 g/mol. The predicted molar refractivity (Wildman–Crippen MR) is 65.7 cm³/mol. The van der Waals surface area contributed by atoms with E-state index >= 15 is 0 Å². The quantitative estimate of drug-likeness (QED) is 0.856. The Kier molecular flexibility index (Phi) is 3.54. The van der Waals surface area contributed by atoms with Gasteiger partial charge in [0.1, 0.15) is 5.76 Å². The molecule has 96 valence electrons. The van der Waals surface area contributed by atoms with Crippen LogP contribution in [0.2, 0.25) is 0 Å². The lowest BCUT2D eigenvalue weighted by Crippen LogP contribution is -2.28. The molecular formula is C13H22N2O2. The van der Waals surface area contributed by atoms with Crippen LogP contribution in [0.4, 0.5) is 0 Å². The van der Waals surface area contributed by atoms with Crippen LogP contribution < -0.4 is 0 Å². The maximum Gasteiger partial charge on any atom is 0.208 e. The molecule has 1 aromatic rings. The fraction of sp³-hybridized carbons (Fsp3) is 0.769. The number of nitrogens with zero attached hydrogens (tertiary/aromatic N) is 2. The standard InChI is InChI=1S/C13H22N2O2/c1-10-11(2)17-12(14-10)9-15-7-4-5-13(3,16)6-8-15/h16H,4-9H2,1-3H3. The number of likely N-dealkylation sites (tertiary alicyclic amines) is 1. The highest BCUT2D eigenvalue weighted by molar-refractivity contribution is 5.05. The number of oxazole rings is 1. The minimum absolute atomic E-state index is 0.503. The lowest BCUT2D eigenvalue weighted by molar-refractivity contribution is 0.0441. The van der Waals surface area contributed by atoms with Gasteiger partial charge in [-0.1, -0.05) is 0 Å². The van der Waals surface area contributed by atoms with Crippen molar-refractivity contribution in [1.82, 2.24) is 9.88 Å². The van der Waals surface area contributed by atoms with Gasteiger partial charge in [0.25, 0.3) is 0 Å². The smallest absolute Gasteiger partial charge is 0.208 e. The van der Waals surface area contributed by atoms with Gasteiger partial charge < -0.3 is 9.52 Å². The second-order valence-corrected chi connectivity index (χ2v) is 5.38. The number of aromatic nitrogens is 1. The molecule has 0 bridgehead atoms. The lowest BCUT2D eigenvalue weighted by atomic mass is 9.98. The van der Waals surface area contributed by atoms with Gasteiger partial charge in [-0.25, -0.2) is 4.98 Å². The van der Waals surface area contributed by atoms with Gasteiger partial charge >= 0.3 is 0 Å². The summed E-state index contributed by atoms with van der Waals surface area (Å²) >= 11 is 0. The Balaban J connectivity index is 1.95. The van der Waals surface area contributed by atoms with Crippen LogP contribution >= 0.6 is 0 Å². The summed E-state index contributed by atoms with van der Waals surface area (Å²) in [4.78, 5) is 6.71. The first-order chi connectivity index (χ1) is 7.96. The molecule has 17 heavy (non-hydrogen) atoms. The van der Waals surface area contributed by atoms with E-state index in [1.54, 1.807) is 0 Å². The van der Waals surface area contributed by atoms with Gasteiger partial charge in [-0.3, -0.25) is 4.90 Å². The molecular weight excluding hydrogens is 216 g/mol. The highest BCUT2D eigenvalue weighted by atomic mass is 16.4. The molecule has 0 aromatic carbocycles. The average Bonchev–Trinajstić information content (AvgIpc) is 2.44. The SMILES string of the molecule is Cc1nc(CN2CCCC(C)(O)CC2)oc1C. The summed E-state index contributed by atoms with van der Waals surface area (Å²) in [6, 6.07) is 0. The number of hydrogen-bond donors (Lipinski definition) is 1. The van der Waals surface area contributed by atoms with Gasteiger partial charge in [0.05, 0.1) is 17.8 Å². The second-order valence-electron chi connectivity index (χ2n) is 5.38. The minimum Gasteiger partial charge on any atom is -0.444 e. The van der Waals surface area contributed by atoms with Crippen molar-refractivity contribution in [3.05, 3.63) is 17.3 Å². The fourth-order valence-electron chi connectivity index (χ4n) is 2.28. The van der Waals surface area contributed by atoms with Crippen LogP contribution in [0.3, 0.4) is 0 Å². The van der Waals surface area contributed by atoms with Crippen molar-refractivity contribution in [3.8, 4) is 0 Å². The molecule has 1 fully saturated rings. The summed E-state index contributed by atoms with van der Waals surface area (Å²) in [5.41, 5.74) is 0.471. The van der Waals surface area contributed by atoms with Gasteiger partial charge in [-0.15, -0.1) is 0 Å². The van der Waals surface area contributed by atoms with Crippen molar-refractivity contribution in [2.24, 2.45) is 0 Å². The van der Waals surface area contributed by atoms with Crippen molar-refractivity contribution in [1.29, 1.82) is 0 Å². The normalized spacial score (nSPS) is 27.1. The van der Waals surface area contributed by atoms with E-state index in [9.17, 15) is 5.11 Å². The van der Waals surface area contributed by atoms with Crippen LogP contribution in [0, 0.1) is 13.8 Å². The van der Waals surface area contributed by atoms with E-state index in [0.29, 0.717) is 0 Å². The van der Waals surface area contributed by atoms with E-state index in [0.717, 1.165) is 56.2 Å². The molecule has 0 aliphatic carbocycles. The topological polar surface area (TPSA) is 49.5 Å². The first-order valence-corrected chi connectivity index (χ1v) is 6.34. The molecule has 0 radical (unpaired) electrons. The summed E-state index contributed by atoms with van der Waals surface area (Å²) in [7, 11) is 0. The van der Waals surface area contributed by atoms with Gasteiger partial charge in [0.2, 0.25) is 5.89 Å². The van der Waals surface area contributed by atoms with Crippen molar-refractivity contribution in [2.75, 3.05) is 13.1 Å². The summed E-state index contributed by atoms with van der Waals surface area (Å²) in [6.07, 6.45) is 2.74. The highest BCUT2D eigenvalue weighted by Gasteiger charge is 2.25. The maximum absolute atomic E-state index is 10.0. The van der Waals surface area contributed by atoms with E-state index in [1.807, 2.05) is 20.8 Å². The molecule has 1 N–H and O–H groups in total. The summed E-state index contributed by atoms with van der Waals surface area (Å²) in [6.45, 7) is 8.51. The van der Waals surface area contributed by atoms with Crippen molar-refractivity contribution < 1.29 is 9.52 Å². The molecule has 1 atom stereocenters. The van der Waals surface area contributed by atoms with E-state index in [1.165, 1.54) is 0 Å². The first-order valence-electron chi connectivity index (χ1n) is 6.34. The Hall–Kier alpha value is -0.870. The third-order valence-electron chi connectivity index (χ3n) is 3.59. The summed E-state index contributed by atoms with van der Waals surface area (Å²) in [5, 5.41) is 10.0. The molecule has 1 aromatic heterocycles. The fourth-order valence-corrected chi connectivity index (χ4v) is 2.28. The van der Waals surface area contributed by atoms with Crippen molar-refractivity contribution >= 4 is 0 Å². The molecule has 4 heteroatoms. The molecule has 1 aliphatic rings. The molecule has 1 aliphatic heterocycles. The zero-order valence-corrected chi connectivity index (χ0v) is 11.0. The first kappa shape index (κ1) is 12.6. The Morgan fingerprint density at radius 2 is 2.12 bits per heavy atom. The molecule has 1 unspecified atom stereocenters. The van der Waals surface area contributed by atoms with Crippen LogP contribution in [0.1, 0.15) is 43.5 Å². The zero-order chi connectivity index (χ0) is 12.5. The molecule has 1 saturated heterocycles. The lowest BCUT2D eigenvalue weighted by Gasteiger charge is -2.21. The highest BCUT2D eigenvalue weighted by Crippen LogP contribution is 2.22. The zero-order valence-electron chi connectivity index (χ0n) is 11.0. The Labute approximate surface area is 103 Å². The van der Waals surface area contributed by atoms with Gasteiger partial charge in [-0.2, -0.15) is 0 Å². The molecule has 2 rings (SSSR count). The van der Waals surface area contributed by atoms with E-state index in [-0.39, 0.29) is 0 Å². The van der Waals surface area contributed by atoms with E-state index < -0.39 is 5.60 Å². The number of aryl methyl sites for hydroxylation is 2. The van der Waals surface area contributed by atoms with Gasteiger partial charge in [0, 0.05) is 6.54 Å². The average molecular weight is 238 g/mol. The van der Waals surface area contributed by atoms with Crippen LogP contribution in [0.15, 0.2) is 4.42 Å². The van der Waals surface area contributed by atoms with E-state index in [2.05, 4.69) is 9.88 Å². The number of rotatable bonds is 2. The van der Waals surface area contributed by atoms with E-state index in [4.69, 9.17) is 4.42 Å². The number of aliphatic hydroxyl groups is 1. The third-order valence-corrected chi connectivity index (χ3v) is 3.59. The van der Waals surface area contributed by atoms with Gasteiger partial charge in [0.15, 0.2) is 0 Å². The maximum atomic E-state index is 10.0. The third kappa shape index (κ3) is 3.30. The summed E-state index contributed by atoms with van der Waals surface area (Å²) in [5.74, 6) is 1.70. The molecule has 4 nitrogen and oxygen atoms in total. The summed E-state index contributed by atoms with van der Waals surface area (Å²) < 4.78 is 5.59. The van der Waals surface area contributed by atoms with Crippen LogP contribution in [-0.2, 0) is 6.54 Å². The van der Waals surface area contributed by atoms with Crippen LogP contribution in [-0.4, -0.2) is 33.7 Å². The molecule has 0 amide bonds. The largest absolute Gasteiger partial charge is 0.444 e.